The third-order valence-corrected chi connectivity index (χ3v) is 2.36. The van der Waals surface area contributed by atoms with Crippen LogP contribution in [0.15, 0.2) is 12.1 Å². The minimum absolute atomic E-state index is 0.458. The molecule has 5 heteroatoms. The monoisotopic (exact) mass is 236 g/mol. The van der Waals surface area contributed by atoms with Gasteiger partial charge in [-0.2, -0.15) is 5.26 Å². The van der Waals surface area contributed by atoms with E-state index in [0.29, 0.717) is 23.8 Å². The van der Waals surface area contributed by atoms with E-state index >= 15 is 0 Å². The molecule has 17 heavy (non-hydrogen) atoms. The fourth-order valence-corrected chi connectivity index (χ4v) is 1.51. The smallest absolute Gasteiger partial charge is 0.179 e. The van der Waals surface area contributed by atoms with Crippen molar-refractivity contribution in [2.75, 3.05) is 28.4 Å². The topological polar surface area (TPSA) is 54.7 Å². The fraction of sp³-hybridized carbons (Fsp3) is 0.417. The summed E-state index contributed by atoms with van der Waals surface area (Å²) in [7, 11) is 6.42. The van der Waals surface area contributed by atoms with Crippen molar-refractivity contribution >= 4 is 0 Å². The molecule has 1 rings (SSSR count). The minimum atomic E-state index is 0.458. The molecule has 0 fully saturated rings. The van der Waals surface area contributed by atoms with Crippen LogP contribution in [0.1, 0.15) is 5.56 Å². The Kier molecular flexibility index (Phi) is 4.46. The van der Waals surface area contributed by atoms with Crippen molar-refractivity contribution in [3.8, 4) is 23.4 Å². The molecule has 0 aromatic heterocycles. The maximum Gasteiger partial charge on any atom is 0.179 e. The van der Waals surface area contributed by atoms with Gasteiger partial charge >= 0.3 is 0 Å². The zero-order valence-electron chi connectivity index (χ0n) is 10.5. The van der Waals surface area contributed by atoms with E-state index in [9.17, 15) is 0 Å². The average molecular weight is 236 g/mol. The van der Waals surface area contributed by atoms with Gasteiger partial charge < -0.3 is 19.1 Å². The number of hydrogen-bond donors (Lipinski definition) is 0. The summed E-state index contributed by atoms with van der Waals surface area (Å²) in [6.45, 7) is 0.458. The summed E-state index contributed by atoms with van der Waals surface area (Å²) in [5, 5.41) is 8.77. The van der Waals surface area contributed by atoms with Gasteiger partial charge in [0.1, 0.15) is 5.75 Å². The molecule has 0 aliphatic heterocycles. The number of benzene rings is 1. The fourth-order valence-electron chi connectivity index (χ4n) is 1.51. The molecule has 0 saturated heterocycles. The molecule has 0 spiro atoms. The minimum Gasteiger partial charge on any atom is -0.496 e. The maximum atomic E-state index is 8.77. The Morgan fingerprint density at radius 3 is 2.06 bits per heavy atom. The lowest BCUT2D eigenvalue weighted by atomic mass is 10.1. The van der Waals surface area contributed by atoms with Gasteiger partial charge in [-0.05, 0) is 6.07 Å². The molecular formula is C12H16N2O3. The number of nitrogens with zero attached hydrogens (tertiary/aromatic N) is 2. The highest BCUT2D eigenvalue weighted by atomic mass is 16.5. The van der Waals surface area contributed by atoms with Crippen LogP contribution in [0.4, 0.5) is 0 Å². The Morgan fingerprint density at radius 1 is 1.06 bits per heavy atom. The van der Waals surface area contributed by atoms with Gasteiger partial charge in [0, 0.05) is 18.7 Å². The van der Waals surface area contributed by atoms with Gasteiger partial charge in [0.15, 0.2) is 17.7 Å². The number of ether oxygens (including phenoxy) is 3. The van der Waals surface area contributed by atoms with Gasteiger partial charge in [0.25, 0.3) is 0 Å². The van der Waals surface area contributed by atoms with E-state index in [1.165, 1.54) is 4.90 Å². The summed E-state index contributed by atoms with van der Waals surface area (Å²) >= 11 is 0. The first kappa shape index (κ1) is 13.0. The third-order valence-electron chi connectivity index (χ3n) is 2.36. The predicted molar refractivity (Wildman–Crippen MR) is 63.2 cm³/mol. The van der Waals surface area contributed by atoms with Crippen LogP contribution in [0.5, 0.6) is 17.2 Å². The molecule has 0 radical (unpaired) electrons. The Balaban J connectivity index is 3.15. The van der Waals surface area contributed by atoms with Crippen molar-refractivity contribution in [3.05, 3.63) is 17.7 Å². The molecule has 92 valence electrons. The first-order valence-corrected chi connectivity index (χ1v) is 5.06. The van der Waals surface area contributed by atoms with Crippen LogP contribution in [0, 0.1) is 11.5 Å². The molecular weight excluding hydrogens is 220 g/mol. The van der Waals surface area contributed by atoms with Crippen LogP contribution in [0.3, 0.4) is 0 Å². The van der Waals surface area contributed by atoms with E-state index in [1.54, 1.807) is 34.4 Å². The normalized spacial score (nSPS) is 9.35. The summed E-state index contributed by atoms with van der Waals surface area (Å²) in [6.07, 6.45) is 2.04. The molecule has 0 bridgehead atoms. The van der Waals surface area contributed by atoms with Gasteiger partial charge in [-0.15, -0.1) is 0 Å². The van der Waals surface area contributed by atoms with E-state index < -0.39 is 0 Å². The lowest BCUT2D eigenvalue weighted by Gasteiger charge is -2.16. The summed E-state index contributed by atoms with van der Waals surface area (Å²) in [4.78, 5) is 1.50. The highest BCUT2D eigenvalue weighted by Gasteiger charge is 2.12. The molecule has 0 saturated carbocycles. The zero-order chi connectivity index (χ0) is 12.8. The molecule has 1 aromatic carbocycles. The lowest BCUT2D eigenvalue weighted by Crippen LogP contribution is -2.11. The first-order chi connectivity index (χ1) is 8.15. The molecule has 0 amide bonds. The van der Waals surface area contributed by atoms with Gasteiger partial charge in [-0.1, -0.05) is 0 Å². The Bertz CT molecular complexity index is 426. The van der Waals surface area contributed by atoms with Crippen molar-refractivity contribution in [2.24, 2.45) is 0 Å². The van der Waals surface area contributed by atoms with Crippen molar-refractivity contribution in [1.82, 2.24) is 4.90 Å². The summed E-state index contributed by atoms with van der Waals surface area (Å²) in [5.41, 5.74) is 0.870. The SMILES string of the molecule is COc1cc(OC)c(OC)cc1CN(C)C#N. The number of methoxy groups -OCH3 is 3. The second kappa shape index (κ2) is 5.85. The summed E-state index contributed by atoms with van der Waals surface area (Å²) < 4.78 is 15.7. The predicted octanol–water partition coefficient (Wildman–Crippen LogP) is 1.63. The van der Waals surface area contributed by atoms with Gasteiger partial charge in [0.05, 0.1) is 27.9 Å². The maximum absolute atomic E-state index is 8.77. The molecule has 0 atom stereocenters. The molecule has 5 nitrogen and oxygen atoms in total. The van der Waals surface area contributed by atoms with E-state index in [2.05, 4.69) is 0 Å². The van der Waals surface area contributed by atoms with Crippen molar-refractivity contribution < 1.29 is 14.2 Å². The largest absolute Gasteiger partial charge is 0.496 e. The van der Waals surface area contributed by atoms with Crippen LogP contribution in [0.2, 0.25) is 0 Å². The van der Waals surface area contributed by atoms with Gasteiger partial charge in [-0.3, -0.25) is 0 Å². The highest BCUT2D eigenvalue weighted by molar-refractivity contribution is 5.50. The molecule has 1 aromatic rings. The Hall–Kier alpha value is -2.09. The second-order valence-electron chi connectivity index (χ2n) is 3.48. The standard InChI is InChI=1S/C12H16N2O3/c1-14(8-13)7-9-5-11(16-3)12(17-4)6-10(9)15-2/h5-6H,7H2,1-4H3. The third kappa shape index (κ3) is 2.94. The highest BCUT2D eigenvalue weighted by Crippen LogP contribution is 2.34. The van der Waals surface area contributed by atoms with Gasteiger partial charge in [-0.25, -0.2) is 0 Å². The molecule has 0 aliphatic rings. The zero-order valence-corrected chi connectivity index (χ0v) is 10.5. The summed E-state index contributed by atoms with van der Waals surface area (Å²) in [6, 6.07) is 3.56. The van der Waals surface area contributed by atoms with Crippen molar-refractivity contribution in [3.63, 3.8) is 0 Å². The summed E-state index contributed by atoms with van der Waals surface area (Å²) in [5.74, 6) is 1.90. The number of rotatable bonds is 5. The van der Waals surface area contributed by atoms with E-state index in [0.717, 1.165) is 5.56 Å². The van der Waals surface area contributed by atoms with Crippen LogP contribution in [-0.2, 0) is 6.54 Å². The van der Waals surface area contributed by atoms with E-state index in [4.69, 9.17) is 19.5 Å². The average Bonchev–Trinajstić information content (AvgIpc) is 2.37. The van der Waals surface area contributed by atoms with Crippen molar-refractivity contribution in [1.29, 1.82) is 5.26 Å². The lowest BCUT2D eigenvalue weighted by molar-refractivity contribution is 0.344. The number of nitriles is 1. The first-order valence-electron chi connectivity index (χ1n) is 5.06. The quantitative estimate of drug-likeness (QED) is 0.574. The van der Waals surface area contributed by atoms with E-state index in [1.807, 2.05) is 12.3 Å². The molecule has 0 aliphatic carbocycles. The molecule has 0 N–H and O–H groups in total. The number of hydrogen-bond acceptors (Lipinski definition) is 5. The van der Waals surface area contributed by atoms with Gasteiger partial charge in [0.2, 0.25) is 0 Å². The van der Waals surface area contributed by atoms with Crippen LogP contribution in [-0.4, -0.2) is 33.3 Å². The Labute approximate surface area is 101 Å². The second-order valence-corrected chi connectivity index (χ2v) is 3.48. The van der Waals surface area contributed by atoms with Crippen molar-refractivity contribution in [2.45, 2.75) is 6.54 Å². The van der Waals surface area contributed by atoms with E-state index in [-0.39, 0.29) is 0 Å². The van der Waals surface area contributed by atoms with Crippen LogP contribution >= 0.6 is 0 Å². The van der Waals surface area contributed by atoms with Crippen LogP contribution in [0.25, 0.3) is 0 Å². The molecule has 0 unspecified atom stereocenters. The molecule has 0 heterocycles. The van der Waals surface area contributed by atoms with Crippen LogP contribution < -0.4 is 14.2 Å². The Morgan fingerprint density at radius 2 is 1.59 bits per heavy atom.